The standard InChI is InChI=1S/C12H17N3O2/c1-3-9-4-6-10(7-5-9)14-8(2)11(16)15-12(13)17/h4-8,14H,3H2,1-2H3,(H3,13,15,16,17)/t8-/m0/s1. The molecule has 1 atom stereocenters. The van der Waals surface area contributed by atoms with Crippen LogP contribution in [0, 0.1) is 0 Å². The predicted octanol–water partition coefficient (Wildman–Crippen LogP) is 1.24. The van der Waals surface area contributed by atoms with Gasteiger partial charge in [-0.15, -0.1) is 0 Å². The van der Waals surface area contributed by atoms with Gasteiger partial charge in [-0.05, 0) is 31.0 Å². The monoisotopic (exact) mass is 235 g/mol. The van der Waals surface area contributed by atoms with Crippen LogP contribution in [-0.4, -0.2) is 18.0 Å². The summed E-state index contributed by atoms with van der Waals surface area (Å²) in [6.07, 6.45) is 0.970. The van der Waals surface area contributed by atoms with E-state index in [1.807, 2.05) is 29.6 Å². The maximum atomic E-state index is 11.4. The van der Waals surface area contributed by atoms with Gasteiger partial charge in [-0.1, -0.05) is 19.1 Å². The maximum absolute atomic E-state index is 11.4. The van der Waals surface area contributed by atoms with Crippen LogP contribution in [0.4, 0.5) is 10.5 Å². The average Bonchev–Trinajstić information content (AvgIpc) is 2.29. The molecule has 0 spiro atoms. The van der Waals surface area contributed by atoms with Gasteiger partial charge in [-0.3, -0.25) is 10.1 Å². The molecule has 1 rings (SSSR count). The highest BCUT2D eigenvalue weighted by Crippen LogP contribution is 2.11. The van der Waals surface area contributed by atoms with Crippen LogP contribution in [0.5, 0.6) is 0 Å². The fraction of sp³-hybridized carbons (Fsp3) is 0.333. The highest BCUT2D eigenvalue weighted by Gasteiger charge is 2.13. The van der Waals surface area contributed by atoms with Gasteiger partial charge in [0.1, 0.15) is 6.04 Å². The van der Waals surface area contributed by atoms with Crippen LogP contribution in [0.3, 0.4) is 0 Å². The third kappa shape index (κ3) is 4.14. The molecule has 3 amide bonds. The molecule has 17 heavy (non-hydrogen) atoms. The van der Waals surface area contributed by atoms with Gasteiger partial charge in [-0.2, -0.15) is 0 Å². The minimum Gasteiger partial charge on any atom is -0.374 e. The zero-order chi connectivity index (χ0) is 12.8. The molecule has 0 aliphatic carbocycles. The zero-order valence-electron chi connectivity index (χ0n) is 9.99. The average molecular weight is 235 g/mol. The van der Waals surface area contributed by atoms with E-state index < -0.39 is 18.0 Å². The Hall–Kier alpha value is -2.04. The Balaban J connectivity index is 2.57. The summed E-state index contributed by atoms with van der Waals surface area (Å²) in [5.74, 6) is -0.447. The third-order valence-electron chi connectivity index (χ3n) is 2.39. The minimum atomic E-state index is -0.843. The third-order valence-corrected chi connectivity index (χ3v) is 2.39. The number of carbonyl (C=O) groups excluding carboxylic acids is 2. The molecule has 0 heterocycles. The van der Waals surface area contributed by atoms with E-state index in [-0.39, 0.29) is 0 Å². The Morgan fingerprint density at radius 1 is 1.29 bits per heavy atom. The number of nitrogens with one attached hydrogen (secondary N) is 2. The molecule has 4 N–H and O–H groups in total. The van der Waals surface area contributed by atoms with Gasteiger partial charge in [0.2, 0.25) is 5.91 Å². The number of hydrogen-bond acceptors (Lipinski definition) is 3. The van der Waals surface area contributed by atoms with Crippen LogP contribution in [-0.2, 0) is 11.2 Å². The molecule has 92 valence electrons. The van der Waals surface area contributed by atoms with Crippen LogP contribution in [0.15, 0.2) is 24.3 Å². The fourth-order valence-corrected chi connectivity index (χ4v) is 1.38. The number of rotatable bonds is 4. The maximum Gasteiger partial charge on any atom is 0.318 e. The van der Waals surface area contributed by atoms with Crippen LogP contribution < -0.4 is 16.4 Å². The summed E-state index contributed by atoms with van der Waals surface area (Å²) in [7, 11) is 0. The molecule has 0 saturated carbocycles. The number of carbonyl (C=O) groups is 2. The number of anilines is 1. The lowest BCUT2D eigenvalue weighted by atomic mass is 10.1. The van der Waals surface area contributed by atoms with Crippen LogP contribution in [0.1, 0.15) is 19.4 Å². The first-order chi connectivity index (χ1) is 8.02. The van der Waals surface area contributed by atoms with Crippen LogP contribution in [0.25, 0.3) is 0 Å². The molecule has 0 aliphatic rings. The highest BCUT2D eigenvalue weighted by atomic mass is 16.2. The van der Waals surface area contributed by atoms with Gasteiger partial charge in [0.25, 0.3) is 0 Å². The molecule has 1 aromatic carbocycles. The smallest absolute Gasteiger partial charge is 0.318 e. The highest BCUT2D eigenvalue weighted by molar-refractivity contribution is 5.97. The van der Waals surface area contributed by atoms with E-state index in [0.717, 1.165) is 12.1 Å². The van der Waals surface area contributed by atoms with Gasteiger partial charge in [0, 0.05) is 5.69 Å². The largest absolute Gasteiger partial charge is 0.374 e. The van der Waals surface area contributed by atoms with Crippen LogP contribution in [0.2, 0.25) is 0 Å². The Labute approximate surface area is 100 Å². The van der Waals surface area contributed by atoms with Crippen molar-refractivity contribution in [2.45, 2.75) is 26.3 Å². The second-order valence-corrected chi connectivity index (χ2v) is 3.77. The van der Waals surface area contributed by atoms with Crippen molar-refractivity contribution in [3.8, 4) is 0 Å². The number of benzene rings is 1. The van der Waals surface area contributed by atoms with E-state index in [0.29, 0.717) is 0 Å². The van der Waals surface area contributed by atoms with E-state index in [2.05, 4.69) is 12.2 Å². The number of nitrogens with two attached hydrogens (primary N) is 1. The van der Waals surface area contributed by atoms with Crippen molar-refractivity contribution in [1.29, 1.82) is 0 Å². The van der Waals surface area contributed by atoms with E-state index in [1.54, 1.807) is 6.92 Å². The first-order valence-corrected chi connectivity index (χ1v) is 5.48. The zero-order valence-corrected chi connectivity index (χ0v) is 9.99. The number of primary amides is 1. The fourth-order valence-electron chi connectivity index (χ4n) is 1.38. The van der Waals surface area contributed by atoms with Gasteiger partial charge in [-0.25, -0.2) is 4.79 Å². The summed E-state index contributed by atoms with van der Waals surface area (Å²) >= 11 is 0. The summed E-state index contributed by atoms with van der Waals surface area (Å²) in [6.45, 7) is 3.73. The van der Waals surface area contributed by atoms with Gasteiger partial charge in [0.15, 0.2) is 0 Å². The van der Waals surface area contributed by atoms with Crippen LogP contribution >= 0.6 is 0 Å². The number of hydrogen-bond donors (Lipinski definition) is 3. The summed E-state index contributed by atoms with van der Waals surface area (Å²) in [4.78, 5) is 21.9. The summed E-state index contributed by atoms with van der Waals surface area (Å²) in [5, 5.41) is 5.00. The molecular weight excluding hydrogens is 218 g/mol. The molecular formula is C12H17N3O2. The Morgan fingerprint density at radius 2 is 1.88 bits per heavy atom. The molecule has 0 unspecified atom stereocenters. The molecule has 0 aliphatic heterocycles. The Morgan fingerprint density at radius 3 is 2.35 bits per heavy atom. The lowest BCUT2D eigenvalue weighted by Crippen LogP contribution is -2.43. The van der Waals surface area contributed by atoms with E-state index in [1.165, 1.54) is 5.56 Å². The van der Waals surface area contributed by atoms with Crippen molar-refractivity contribution in [2.75, 3.05) is 5.32 Å². The van der Waals surface area contributed by atoms with Crippen molar-refractivity contribution in [3.05, 3.63) is 29.8 Å². The number of aryl methyl sites for hydroxylation is 1. The molecule has 1 aromatic rings. The summed E-state index contributed by atoms with van der Waals surface area (Å²) < 4.78 is 0. The molecule has 0 saturated heterocycles. The van der Waals surface area contributed by atoms with Gasteiger partial charge < -0.3 is 11.1 Å². The van der Waals surface area contributed by atoms with Crippen molar-refractivity contribution in [3.63, 3.8) is 0 Å². The molecule has 0 aromatic heterocycles. The molecule has 0 radical (unpaired) electrons. The van der Waals surface area contributed by atoms with E-state index in [9.17, 15) is 9.59 Å². The van der Waals surface area contributed by atoms with E-state index >= 15 is 0 Å². The van der Waals surface area contributed by atoms with Gasteiger partial charge in [0.05, 0.1) is 0 Å². The van der Waals surface area contributed by atoms with Gasteiger partial charge >= 0.3 is 6.03 Å². The Kier molecular flexibility index (Phi) is 4.51. The first-order valence-electron chi connectivity index (χ1n) is 5.48. The molecule has 0 fully saturated rings. The second-order valence-electron chi connectivity index (χ2n) is 3.77. The topological polar surface area (TPSA) is 84.2 Å². The van der Waals surface area contributed by atoms with Crippen molar-refractivity contribution in [2.24, 2.45) is 5.73 Å². The SMILES string of the molecule is CCc1ccc(N[C@@H](C)C(=O)NC(N)=O)cc1. The molecule has 5 nitrogen and oxygen atoms in total. The lowest BCUT2D eigenvalue weighted by molar-refractivity contribution is -0.120. The summed E-state index contributed by atoms with van der Waals surface area (Å²) in [6, 6.07) is 6.40. The van der Waals surface area contributed by atoms with Crippen molar-refractivity contribution < 1.29 is 9.59 Å². The quantitative estimate of drug-likeness (QED) is 0.734. The molecule has 5 heteroatoms. The predicted molar refractivity (Wildman–Crippen MR) is 66.6 cm³/mol. The van der Waals surface area contributed by atoms with E-state index in [4.69, 9.17) is 5.73 Å². The Bertz CT molecular complexity index is 401. The van der Waals surface area contributed by atoms with Crippen molar-refractivity contribution in [1.82, 2.24) is 5.32 Å². The summed E-state index contributed by atoms with van der Waals surface area (Å²) in [5.41, 5.74) is 6.92. The first kappa shape index (κ1) is 13.0. The second kappa shape index (κ2) is 5.89. The minimum absolute atomic E-state index is 0.447. The number of imide groups is 1. The molecule has 0 bridgehead atoms. The lowest BCUT2D eigenvalue weighted by Gasteiger charge is -2.14. The number of urea groups is 1. The normalized spacial score (nSPS) is 11.6. The number of amides is 3. The van der Waals surface area contributed by atoms with Crippen molar-refractivity contribution >= 4 is 17.6 Å².